The zero-order chi connectivity index (χ0) is 14.1. The molecule has 0 atom stereocenters. The number of nitrogens with one attached hydrogen (secondary N) is 1. The van der Waals surface area contributed by atoms with E-state index in [0.29, 0.717) is 6.54 Å². The number of hydrogen-bond donors (Lipinski definition) is 1. The Morgan fingerprint density at radius 2 is 1.90 bits per heavy atom. The van der Waals surface area contributed by atoms with Crippen LogP contribution in [0.4, 0.5) is 0 Å². The number of nitrogens with zero attached hydrogens (tertiary/aromatic N) is 2. The first-order valence-corrected chi connectivity index (χ1v) is 6.59. The van der Waals surface area contributed by atoms with E-state index in [9.17, 15) is 4.79 Å². The van der Waals surface area contributed by atoms with E-state index in [1.54, 1.807) is 0 Å². The third-order valence-corrected chi connectivity index (χ3v) is 3.65. The molecule has 4 heteroatoms. The summed E-state index contributed by atoms with van der Waals surface area (Å²) < 4.78 is 4.02. The Morgan fingerprint density at radius 3 is 2.65 bits per heavy atom. The van der Waals surface area contributed by atoms with Crippen LogP contribution in [0.2, 0.25) is 0 Å². The fourth-order valence-electron chi connectivity index (χ4n) is 2.45. The Kier molecular flexibility index (Phi) is 3.06. The minimum Gasteiger partial charge on any atom is -0.353 e. The average molecular weight is 267 g/mol. The molecule has 102 valence electrons. The Labute approximate surface area is 117 Å². The van der Waals surface area contributed by atoms with Gasteiger partial charge in [-0.2, -0.15) is 0 Å². The molecule has 0 radical (unpaired) electrons. The molecule has 0 saturated carbocycles. The molecule has 2 aromatic heterocycles. The van der Waals surface area contributed by atoms with Crippen LogP contribution in [0.25, 0.3) is 10.9 Å². The Morgan fingerprint density at radius 1 is 1.05 bits per heavy atom. The minimum atomic E-state index is -0.0389. The van der Waals surface area contributed by atoms with E-state index < -0.39 is 0 Å². The average Bonchev–Trinajstić information content (AvgIpc) is 3.03. The third-order valence-electron chi connectivity index (χ3n) is 3.65. The van der Waals surface area contributed by atoms with E-state index in [-0.39, 0.29) is 5.91 Å². The first-order valence-electron chi connectivity index (χ1n) is 6.59. The van der Waals surface area contributed by atoms with Crippen molar-refractivity contribution in [2.24, 2.45) is 14.1 Å². The summed E-state index contributed by atoms with van der Waals surface area (Å²) >= 11 is 0. The number of rotatable bonds is 3. The van der Waals surface area contributed by atoms with Crippen LogP contribution in [0, 0.1) is 0 Å². The van der Waals surface area contributed by atoms with Gasteiger partial charge in [0, 0.05) is 48.6 Å². The molecule has 3 rings (SSSR count). The molecule has 1 N–H and O–H groups in total. The van der Waals surface area contributed by atoms with Gasteiger partial charge in [0.05, 0.1) is 6.54 Å². The largest absolute Gasteiger partial charge is 0.353 e. The summed E-state index contributed by atoms with van der Waals surface area (Å²) in [6, 6.07) is 11.8. The van der Waals surface area contributed by atoms with Crippen molar-refractivity contribution >= 4 is 16.8 Å². The van der Waals surface area contributed by atoms with E-state index in [4.69, 9.17) is 0 Å². The van der Waals surface area contributed by atoms with Crippen LogP contribution in [0.5, 0.6) is 0 Å². The van der Waals surface area contributed by atoms with Crippen LogP contribution in [-0.4, -0.2) is 15.0 Å². The number of hydrogen-bond acceptors (Lipinski definition) is 1. The highest BCUT2D eigenvalue weighted by atomic mass is 16.1. The van der Waals surface area contributed by atoms with Crippen molar-refractivity contribution in [1.29, 1.82) is 0 Å². The second kappa shape index (κ2) is 4.89. The molecule has 0 spiro atoms. The van der Waals surface area contributed by atoms with Crippen LogP contribution in [0.3, 0.4) is 0 Å². The Balaban J connectivity index is 1.84. The maximum Gasteiger partial charge on any atom is 0.252 e. The van der Waals surface area contributed by atoms with E-state index in [1.807, 2.05) is 72.0 Å². The van der Waals surface area contributed by atoms with Gasteiger partial charge in [0.2, 0.25) is 0 Å². The normalized spacial score (nSPS) is 10.9. The number of amides is 1. The lowest BCUT2D eigenvalue weighted by Crippen LogP contribution is -2.24. The van der Waals surface area contributed by atoms with E-state index in [1.165, 1.54) is 0 Å². The van der Waals surface area contributed by atoms with Crippen molar-refractivity contribution in [3.63, 3.8) is 0 Å². The molecular formula is C16H17N3O. The smallest absolute Gasteiger partial charge is 0.252 e. The zero-order valence-corrected chi connectivity index (χ0v) is 11.6. The molecule has 1 aromatic carbocycles. The SMILES string of the molecule is Cn1cccc1CNC(=O)c1cccc2c1ccn2C. The van der Waals surface area contributed by atoms with Crippen molar-refractivity contribution in [1.82, 2.24) is 14.5 Å². The quantitative estimate of drug-likeness (QED) is 0.778. The molecule has 3 aromatic rings. The summed E-state index contributed by atoms with van der Waals surface area (Å²) in [6.45, 7) is 0.533. The van der Waals surface area contributed by atoms with Gasteiger partial charge in [0.1, 0.15) is 0 Å². The van der Waals surface area contributed by atoms with Crippen LogP contribution < -0.4 is 5.32 Å². The topological polar surface area (TPSA) is 39.0 Å². The van der Waals surface area contributed by atoms with E-state index >= 15 is 0 Å². The van der Waals surface area contributed by atoms with Gasteiger partial charge in [-0.15, -0.1) is 0 Å². The number of benzene rings is 1. The molecule has 20 heavy (non-hydrogen) atoms. The van der Waals surface area contributed by atoms with Crippen molar-refractivity contribution < 1.29 is 4.79 Å². The lowest BCUT2D eigenvalue weighted by Gasteiger charge is -2.08. The third kappa shape index (κ3) is 2.09. The summed E-state index contributed by atoms with van der Waals surface area (Å²) in [5, 5.41) is 3.96. The first-order chi connectivity index (χ1) is 9.66. The van der Waals surface area contributed by atoms with Gasteiger partial charge in [0.25, 0.3) is 5.91 Å². The molecule has 0 aliphatic carbocycles. The highest BCUT2D eigenvalue weighted by molar-refractivity contribution is 6.06. The second-order valence-electron chi connectivity index (χ2n) is 4.96. The van der Waals surface area contributed by atoms with Gasteiger partial charge in [-0.25, -0.2) is 0 Å². The molecule has 2 heterocycles. The predicted octanol–water partition coefficient (Wildman–Crippen LogP) is 2.45. The lowest BCUT2D eigenvalue weighted by molar-refractivity contribution is 0.0952. The van der Waals surface area contributed by atoms with Crippen molar-refractivity contribution in [2.45, 2.75) is 6.54 Å². The van der Waals surface area contributed by atoms with Gasteiger partial charge in [-0.05, 0) is 30.3 Å². The number of aromatic nitrogens is 2. The van der Waals surface area contributed by atoms with Gasteiger partial charge >= 0.3 is 0 Å². The Hall–Kier alpha value is -2.49. The maximum absolute atomic E-state index is 12.3. The minimum absolute atomic E-state index is 0.0389. The Bertz CT molecular complexity index is 767. The molecular weight excluding hydrogens is 250 g/mol. The maximum atomic E-state index is 12.3. The fourth-order valence-corrected chi connectivity index (χ4v) is 2.45. The van der Waals surface area contributed by atoms with Gasteiger partial charge < -0.3 is 14.5 Å². The number of carbonyl (C=O) groups is 1. The molecule has 0 fully saturated rings. The van der Waals surface area contributed by atoms with Gasteiger partial charge in [-0.1, -0.05) is 6.07 Å². The van der Waals surface area contributed by atoms with E-state index in [0.717, 1.165) is 22.2 Å². The van der Waals surface area contributed by atoms with Gasteiger partial charge in [0.15, 0.2) is 0 Å². The fraction of sp³-hybridized carbons (Fsp3) is 0.188. The number of carbonyl (C=O) groups excluding carboxylic acids is 1. The van der Waals surface area contributed by atoms with Crippen LogP contribution >= 0.6 is 0 Å². The highest BCUT2D eigenvalue weighted by Crippen LogP contribution is 2.19. The molecule has 0 unspecified atom stereocenters. The highest BCUT2D eigenvalue weighted by Gasteiger charge is 2.11. The molecule has 0 bridgehead atoms. The number of aryl methyl sites for hydroxylation is 2. The first kappa shape index (κ1) is 12.5. The monoisotopic (exact) mass is 267 g/mol. The van der Waals surface area contributed by atoms with Crippen LogP contribution in [0.1, 0.15) is 16.1 Å². The van der Waals surface area contributed by atoms with Gasteiger partial charge in [-0.3, -0.25) is 4.79 Å². The summed E-state index contributed by atoms with van der Waals surface area (Å²) in [5.41, 5.74) is 2.87. The van der Waals surface area contributed by atoms with Crippen molar-refractivity contribution in [3.8, 4) is 0 Å². The molecule has 1 amide bonds. The summed E-state index contributed by atoms with van der Waals surface area (Å²) in [6.07, 6.45) is 3.94. The standard InChI is InChI=1S/C16H17N3O/c1-18-9-4-5-12(18)11-17-16(20)14-6-3-7-15-13(14)8-10-19(15)2/h3-10H,11H2,1-2H3,(H,17,20). The lowest BCUT2D eigenvalue weighted by atomic mass is 10.1. The second-order valence-corrected chi connectivity index (χ2v) is 4.96. The predicted molar refractivity (Wildman–Crippen MR) is 79.5 cm³/mol. The zero-order valence-electron chi connectivity index (χ0n) is 11.6. The summed E-state index contributed by atoms with van der Waals surface area (Å²) in [5.74, 6) is -0.0389. The molecule has 0 aliphatic rings. The van der Waals surface area contributed by atoms with Crippen LogP contribution in [-0.2, 0) is 20.6 Å². The molecule has 0 saturated heterocycles. The molecule has 4 nitrogen and oxygen atoms in total. The van der Waals surface area contributed by atoms with E-state index in [2.05, 4.69) is 5.32 Å². The van der Waals surface area contributed by atoms with Crippen LogP contribution in [0.15, 0.2) is 48.8 Å². The number of fused-ring (bicyclic) bond motifs is 1. The van der Waals surface area contributed by atoms with Crippen molar-refractivity contribution in [3.05, 3.63) is 60.0 Å². The summed E-state index contributed by atoms with van der Waals surface area (Å²) in [7, 11) is 3.95. The molecule has 0 aliphatic heterocycles. The summed E-state index contributed by atoms with van der Waals surface area (Å²) in [4.78, 5) is 12.3. The van der Waals surface area contributed by atoms with Crippen molar-refractivity contribution in [2.75, 3.05) is 0 Å².